The Morgan fingerprint density at radius 1 is 1.22 bits per heavy atom. The number of nitrogens with zero attached hydrogens (tertiary/aromatic N) is 3. The molecule has 23 heavy (non-hydrogen) atoms. The zero-order valence-electron chi connectivity index (χ0n) is 13.8. The van der Waals surface area contributed by atoms with Crippen LogP contribution in [0.15, 0.2) is 24.5 Å². The van der Waals surface area contributed by atoms with E-state index in [9.17, 15) is 4.79 Å². The fraction of sp³-hybridized carbons (Fsp3) is 0.667. The minimum absolute atomic E-state index is 0.183. The van der Waals surface area contributed by atoms with Crippen LogP contribution in [0.5, 0.6) is 0 Å². The maximum Gasteiger partial charge on any atom is 0.227 e. The smallest absolute Gasteiger partial charge is 0.227 e. The van der Waals surface area contributed by atoms with Gasteiger partial charge in [-0.2, -0.15) is 0 Å². The summed E-state index contributed by atoms with van der Waals surface area (Å²) in [6.07, 6.45) is 8.11. The molecule has 0 radical (unpaired) electrons. The molecule has 2 aliphatic heterocycles. The Balaban J connectivity index is 1.43. The number of carbonyl (C=O) groups is 1. The van der Waals surface area contributed by atoms with Gasteiger partial charge in [0.05, 0.1) is 19.1 Å². The van der Waals surface area contributed by atoms with Gasteiger partial charge in [0, 0.05) is 32.0 Å². The van der Waals surface area contributed by atoms with Crippen molar-refractivity contribution in [2.75, 3.05) is 45.9 Å². The number of likely N-dealkylation sites (tertiary alicyclic amines) is 1. The van der Waals surface area contributed by atoms with E-state index in [1.54, 1.807) is 0 Å². The average Bonchev–Trinajstić information content (AvgIpc) is 2.63. The summed E-state index contributed by atoms with van der Waals surface area (Å²) < 4.78 is 5.34. The summed E-state index contributed by atoms with van der Waals surface area (Å²) in [5, 5.41) is 0. The first-order chi connectivity index (χ1) is 11.3. The van der Waals surface area contributed by atoms with Crippen LogP contribution in [0.3, 0.4) is 0 Å². The van der Waals surface area contributed by atoms with Gasteiger partial charge in [-0.1, -0.05) is 0 Å². The molecular formula is C18H27N3O2. The monoisotopic (exact) mass is 317 g/mol. The van der Waals surface area contributed by atoms with Gasteiger partial charge in [0.2, 0.25) is 5.91 Å². The molecule has 0 N–H and O–H groups in total. The van der Waals surface area contributed by atoms with Gasteiger partial charge < -0.3 is 14.5 Å². The lowest BCUT2D eigenvalue weighted by molar-refractivity contribution is -0.141. The number of morpholine rings is 1. The van der Waals surface area contributed by atoms with Gasteiger partial charge in [-0.05, 0) is 56.5 Å². The Morgan fingerprint density at radius 2 is 2.00 bits per heavy atom. The molecule has 0 spiro atoms. The average molecular weight is 317 g/mol. The van der Waals surface area contributed by atoms with Crippen molar-refractivity contribution in [1.82, 2.24) is 14.8 Å². The van der Waals surface area contributed by atoms with Crippen molar-refractivity contribution in [2.24, 2.45) is 5.92 Å². The number of pyridine rings is 1. The van der Waals surface area contributed by atoms with Crippen LogP contribution in [-0.4, -0.2) is 66.6 Å². The summed E-state index contributed by atoms with van der Waals surface area (Å²) in [6, 6.07) is 4.17. The summed E-state index contributed by atoms with van der Waals surface area (Å²) in [6.45, 7) is 6.03. The van der Waals surface area contributed by atoms with Crippen molar-refractivity contribution in [3.8, 4) is 0 Å². The molecule has 1 aromatic heterocycles. The molecule has 1 atom stereocenters. The zero-order chi connectivity index (χ0) is 15.9. The number of ether oxygens (including phenoxy) is 1. The van der Waals surface area contributed by atoms with Crippen LogP contribution < -0.4 is 0 Å². The van der Waals surface area contributed by atoms with Crippen molar-refractivity contribution in [3.63, 3.8) is 0 Å². The first kappa shape index (κ1) is 16.4. The number of aromatic nitrogens is 1. The Kier molecular flexibility index (Phi) is 6.00. The van der Waals surface area contributed by atoms with Crippen molar-refractivity contribution in [3.05, 3.63) is 30.1 Å². The Morgan fingerprint density at radius 3 is 2.78 bits per heavy atom. The van der Waals surface area contributed by atoms with Gasteiger partial charge >= 0.3 is 0 Å². The number of amides is 1. The maximum atomic E-state index is 12.6. The van der Waals surface area contributed by atoms with Crippen molar-refractivity contribution < 1.29 is 9.53 Å². The van der Waals surface area contributed by atoms with Crippen LogP contribution in [0.1, 0.15) is 24.8 Å². The highest BCUT2D eigenvalue weighted by Crippen LogP contribution is 2.20. The van der Waals surface area contributed by atoms with Gasteiger partial charge in [-0.25, -0.2) is 0 Å². The topological polar surface area (TPSA) is 45.7 Å². The first-order valence-corrected chi connectivity index (χ1v) is 8.81. The molecule has 0 aliphatic carbocycles. The quantitative estimate of drug-likeness (QED) is 0.827. The van der Waals surface area contributed by atoms with Crippen LogP contribution in [0.25, 0.3) is 0 Å². The molecule has 5 heteroatoms. The second-order valence-corrected chi connectivity index (χ2v) is 6.54. The Hall–Kier alpha value is -1.46. The van der Waals surface area contributed by atoms with E-state index in [2.05, 4.69) is 22.0 Å². The maximum absolute atomic E-state index is 12.6. The number of hydrogen-bond acceptors (Lipinski definition) is 4. The predicted octanol–water partition coefficient (Wildman–Crippen LogP) is 1.58. The normalized spacial score (nSPS) is 23.0. The number of piperidine rings is 1. The first-order valence-electron chi connectivity index (χ1n) is 8.81. The van der Waals surface area contributed by atoms with Gasteiger partial charge in [-0.15, -0.1) is 0 Å². The molecular weight excluding hydrogens is 290 g/mol. The molecule has 2 saturated heterocycles. The molecule has 0 unspecified atom stereocenters. The van der Waals surface area contributed by atoms with E-state index < -0.39 is 0 Å². The highest BCUT2D eigenvalue weighted by molar-refractivity contribution is 5.79. The highest BCUT2D eigenvalue weighted by Gasteiger charge is 2.29. The van der Waals surface area contributed by atoms with Gasteiger partial charge in [0.25, 0.3) is 0 Å². The minimum Gasteiger partial charge on any atom is -0.378 e. The molecule has 126 valence electrons. The summed E-state index contributed by atoms with van der Waals surface area (Å²) >= 11 is 0. The minimum atomic E-state index is 0.183. The van der Waals surface area contributed by atoms with Crippen LogP contribution in [0.2, 0.25) is 0 Å². The summed E-state index contributed by atoms with van der Waals surface area (Å²) in [4.78, 5) is 21.1. The summed E-state index contributed by atoms with van der Waals surface area (Å²) in [7, 11) is 0. The number of aryl methyl sites for hydroxylation is 1. The zero-order valence-corrected chi connectivity index (χ0v) is 13.8. The van der Waals surface area contributed by atoms with E-state index in [4.69, 9.17) is 4.74 Å². The molecule has 0 saturated carbocycles. The fourth-order valence-corrected chi connectivity index (χ4v) is 3.56. The lowest BCUT2D eigenvalue weighted by Crippen LogP contribution is -2.48. The summed E-state index contributed by atoms with van der Waals surface area (Å²) in [5.41, 5.74) is 1.35. The van der Waals surface area contributed by atoms with E-state index in [-0.39, 0.29) is 5.92 Å². The molecule has 5 nitrogen and oxygen atoms in total. The van der Waals surface area contributed by atoms with Crippen molar-refractivity contribution >= 4 is 5.91 Å². The van der Waals surface area contributed by atoms with Crippen LogP contribution in [-0.2, 0) is 16.0 Å². The largest absolute Gasteiger partial charge is 0.378 e. The van der Waals surface area contributed by atoms with E-state index in [0.717, 1.165) is 58.4 Å². The third-order valence-corrected chi connectivity index (χ3v) is 4.87. The Labute approximate surface area is 138 Å². The van der Waals surface area contributed by atoms with Crippen molar-refractivity contribution in [1.29, 1.82) is 0 Å². The van der Waals surface area contributed by atoms with Gasteiger partial charge in [0.1, 0.15) is 0 Å². The number of hydrogen-bond donors (Lipinski definition) is 0. The third-order valence-electron chi connectivity index (χ3n) is 4.87. The highest BCUT2D eigenvalue weighted by atomic mass is 16.5. The van der Waals surface area contributed by atoms with Crippen LogP contribution in [0.4, 0.5) is 0 Å². The Bertz CT molecular complexity index is 488. The van der Waals surface area contributed by atoms with Crippen molar-refractivity contribution in [2.45, 2.75) is 25.7 Å². The number of rotatable bonds is 5. The van der Waals surface area contributed by atoms with Crippen LogP contribution >= 0.6 is 0 Å². The molecule has 2 aliphatic rings. The lowest BCUT2D eigenvalue weighted by atomic mass is 9.96. The van der Waals surface area contributed by atoms with Crippen LogP contribution in [0, 0.1) is 5.92 Å². The van der Waals surface area contributed by atoms with E-state index in [1.165, 1.54) is 5.56 Å². The van der Waals surface area contributed by atoms with Gasteiger partial charge in [-0.3, -0.25) is 9.78 Å². The predicted molar refractivity (Wildman–Crippen MR) is 89.1 cm³/mol. The summed E-state index contributed by atoms with van der Waals surface area (Å²) in [5.74, 6) is 0.523. The van der Waals surface area contributed by atoms with E-state index in [0.29, 0.717) is 19.1 Å². The lowest BCUT2D eigenvalue weighted by Gasteiger charge is -2.36. The molecule has 2 fully saturated rings. The standard InChI is InChI=1S/C18H27N3O2/c22-18(21-11-13-23-14-12-21)17-4-2-10-20(15-17)9-1-3-16-5-7-19-8-6-16/h5-8,17H,1-4,9-15H2/t17-/m1/s1. The number of carbonyl (C=O) groups excluding carboxylic acids is 1. The SMILES string of the molecule is O=C([C@@H]1CCCN(CCCc2ccncc2)C1)N1CCOCC1. The van der Waals surface area contributed by atoms with E-state index in [1.807, 2.05) is 17.3 Å². The molecule has 1 amide bonds. The second kappa shape index (κ2) is 8.41. The molecule has 0 aromatic carbocycles. The molecule has 3 heterocycles. The van der Waals surface area contributed by atoms with E-state index >= 15 is 0 Å². The third kappa shape index (κ3) is 4.75. The fourth-order valence-electron chi connectivity index (χ4n) is 3.56. The second-order valence-electron chi connectivity index (χ2n) is 6.54. The molecule has 3 rings (SSSR count). The molecule has 0 bridgehead atoms. The molecule has 1 aromatic rings. The van der Waals surface area contributed by atoms with Gasteiger partial charge in [0.15, 0.2) is 0 Å².